The van der Waals surface area contributed by atoms with E-state index in [1.807, 2.05) is 13.8 Å². The maximum absolute atomic E-state index is 12.9. The van der Waals surface area contributed by atoms with E-state index in [0.717, 1.165) is 5.56 Å². The van der Waals surface area contributed by atoms with Crippen LogP contribution in [-0.4, -0.2) is 38.4 Å². The van der Waals surface area contributed by atoms with E-state index >= 15 is 0 Å². The highest BCUT2D eigenvalue weighted by Crippen LogP contribution is 2.25. The van der Waals surface area contributed by atoms with Crippen LogP contribution in [0.25, 0.3) is 0 Å². The van der Waals surface area contributed by atoms with E-state index in [2.05, 4.69) is 0 Å². The molecule has 2 N–H and O–H groups in total. The normalized spacial score (nSPS) is 16.4. The number of carbonyl (C=O) groups is 1. The van der Waals surface area contributed by atoms with E-state index in [1.165, 1.54) is 4.31 Å². The Morgan fingerprint density at radius 2 is 1.88 bits per heavy atom. The standard InChI is InChI=1S/C18H24N2O4S/c1-4-14-10-11-20(12-16(19)17(14)18(21)24-5-2)25(22,23)15-8-6-13(3)7-9-15/h6-10H,4-5,11-12,19H2,1-3H3. The van der Waals surface area contributed by atoms with Crippen molar-refractivity contribution in [1.29, 1.82) is 0 Å². The number of hydrogen-bond donors (Lipinski definition) is 1. The third-order valence-corrected chi connectivity index (χ3v) is 5.88. The van der Waals surface area contributed by atoms with Crippen molar-refractivity contribution < 1.29 is 17.9 Å². The minimum atomic E-state index is -3.71. The van der Waals surface area contributed by atoms with Crippen molar-refractivity contribution >= 4 is 16.0 Å². The van der Waals surface area contributed by atoms with Gasteiger partial charge in [0.2, 0.25) is 10.0 Å². The number of carbonyl (C=O) groups excluding carboxylic acids is 1. The minimum Gasteiger partial charge on any atom is -0.462 e. The second-order valence-corrected chi connectivity index (χ2v) is 7.75. The Kier molecular flexibility index (Phi) is 6.02. The van der Waals surface area contributed by atoms with Crippen molar-refractivity contribution in [3.05, 3.63) is 52.7 Å². The molecule has 0 amide bonds. The fourth-order valence-corrected chi connectivity index (χ4v) is 4.04. The molecule has 0 spiro atoms. The summed E-state index contributed by atoms with van der Waals surface area (Å²) in [5, 5.41) is 0. The molecule has 1 heterocycles. The van der Waals surface area contributed by atoms with Crippen LogP contribution in [0.15, 0.2) is 52.1 Å². The summed E-state index contributed by atoms with van der Waals surface area (Å²) in [6.45, 7) is 5.84. The molecule has 0 unspecified atom stereocenters. The van der Waals surface area contributed by atoms with Crippen molar-refractivity contribution in [2.24, 2.45) is 5.73 Å². The first-order valence-corrected chi connectivity index (χ1v) is 9.67. The van der Waals surface area contributed by atoms with E-state index in [-0.39, 0.29) is 35.9 Å². The number of sulfonamides is 1. The van der Waals surface area contributed by atoms with Crippen LogP contribution in [0.5, 0.6) is 0 Å². The van der Waals surface area contributed by atoms with Gasteiger partial charge >= 0.3 is 5.97 Å². The second-order valence-electron chi connectivity index (χ2n) is 5.81. The van der Waals surface area contributed by atoms with Gasteiger partial charge in [0.25, 0.3) is 0 Å². The van der Waals surface area contributed by atoms with Gasteiger partial charge in [-0.1, -0.05) is 30.7 Å². The summed E-state index contributed by atoms with van der Waals surface area (Å²) >= 11 is 0. The summed E-state index contributed by atoms with van der Waals surface area (Å²) in [7, 11) is -3.71. The Labute approximate surface area is 149 Å². The Morgan fingerprint density at radius 3 is 2.44 bits per heavy atom. The monoisotopic (exact) mass is 364 g/mol. The summed E-state index contributed by atoms with van der Waals surface area (Å²) in [4.78, 5) is 12.4. The van der Waals surface area contributed by atoms with Gasteiger partial charge in [-0.05, 0) is 38.0 Å². The van der Waals surface area contributed by atoms with Gasteiger partial charge in [-0.25, -0.2) is 13.2 Å². The molecular weight excluding hydrogens is 340 g/mol. The number of esters is 1. The highest BCUT2D eigenvalue weighted by atomic mass is 32.2. The molecule has 1 aromatic rings. The van der Waals surface area contributed by atoms with E-state index in [9.17, 15) is 13.2 Å². The number of ether oxygens (including phenoxy) is 1. The van der Waals surface area contributed by atoms with Crippen LogP contribution in [0, 0.1) is 6.92 Å². The number of nitrogens with zero attached hydrogens (tertiary/aromatic N) is 1. The molecule has 0 atom stereocenters. The largest absolute Gasteiger partial charge is 0.462 e. The lowest BCUT2D eigenvalue weighted by Crippen LogP contribution is -2.34. The van der Waals surface area contributed by atoms with Gasteiger partial charge < -0.3 is 10.5 Å². The summed E-state index contributed by atoms with van der Waals surface area (Å²) in [6.07, 6.45) is 2.30. The Morgan fingerprint density at radius 1 is 1.24 bits per heavy atom. The fourth-order valence-electron chi connectivity index (χ4n) is 2.68. The Bertz CT molecular complexity index is 808. The second kappa shape index (κ2) is 7.84. The molecule has 0 aliphatic carbocycles. The molecule has 0 saturated carbocycles. The topological polar surface area (TPSA) is 89.7 Å². The highest BCUT2D eigenvalue weighted by Gasteiger charge is 2.29. The smallest absolute Gasteiger partial charge is 0.340 e. The van der Waals surface area contributed by atoms with Crippen LogP contribution >= 0.6 is 0 Å². The fraction of sp³-hybridized carbons (Fsp3) is 0.389. The molecule has 0 fully saturated rings. The molecule has 0 bridgehead atoms. The molecule has 1 aliphatic rings. The summed E-state index contributed by atoms with van der Waals surface area (Å²) in [6, 6.07) is 6.65. The third kappa shape index (κ3) is 4.11. The number of aryl methyl sites for hydroxylation is 1. The lowest BCUT2D eigenvalue weighted by molar-refractivity contribution is -0.138. The van der Waals surface area contributed by atoms with Gasteiger partial charge in [0.05, 0.1) is 23.6 Å². The van der Waals surface area contributed by atoms with E-state index < -0.39 is 16.0 Å². The number of nitrogens with two attached hydrogens (primary N) is 1. The zero-order valence-corrected chi connectivity index (χ0v) is 15.6. The Balaban J connectivity index is 2.42. The van der Waals surface area contributed by atoms with Crippen LogP contribution in [0.2, 0.25) is 0 Å². The third-order valence-electron chi connectivity index (χ3n) is 4.05. The quantitative estimate of drug-likeness (QED) is 0.808. The average molecular weight is 364 g/mol. The predicted octanol–water partition coefficient (Wildman–Crippen LogP) is 2.11. The van der Waals surface area contributed by atoms with Gasteiger partial charge in [-0.3, -0.25) is 0 Å². The maximum Gasteiger partial charge on any atom is 0.340 e. The van der Waals surface area contributed by atoms with E-state index in [1.54, 1.807) is 37.3 Å². The first kappa shape index (κ1) is 19.2. The lowest BCUT2D eigenvalue weighted by atomic mass is 10.0. The first-order chi connectivity index (χ1) is 11.8. The van der Waals surface area contributed by atoms with Crippen molar-refractivity contribution in [2.75, 3.05) is 19.7 Å². The van der Waals surface area contributed by atoms with Crippen LogP contribution < -0.4 is 5.73 Å². The first-order valence-electron chi connectivity index (χ1n) is 8.23. The SMILES string of the molecule is CCOC(=O)C1=C(N)CN(S(=O)(=O)c2ccc(C)cc2)CC=C1CC. The minimum absolute atomic E-state index is 0.0512. The van der Waals surface area contributed by atoms with E-state index in [4.69, 9.17) is 10.5 Å². The zero-order chi connectivity index (χ0) is 18.6. The summed E-state index contributed by atoms with van der Waals surface area (Å²) in [5.74, 6) is -0.511. The van der Waals surface area contributed by atoms with Gasteiger partial charge in [0.1, 0.15) is 0 Å². The zero-order valence-electron chi connectivity index (χ0n) is 14.8. The number of rotatable bonds is 5. The van der Waals surface area contributed by atoms with Gasteiger partial charge in [-0.15, -0.1) is 0 Å². The molecule has 1 aliphatic heterocycles. The van der Waals surface area contributed by atoms with Crippen LogP contribution in [0.4, 0.5) is 0 Å². The van der Waals surface area contributed by atoms with E-state index in [0.29, 0.717) is 12.0 Å². The molecule has 25 heavy (non-hydrogen) atoms. The molecule has 7 heteroatoms. The van der Waals surface area contributed by atoms with Gasteiger partial charge in [0, 0.05) is 12.2 Å². The van der Waals surface area contributed by atoms with Crippen molar-refractivity contribution in [3.8, 4) is 0 Å². The summed E-state index contributed by atoms with van der Waals surface area (Å²) in [5.41, 5.74) is 8.27. The molecular formula is C18H24N2O4S. The van der Waals surface area contributed by atoms with Crippen molar-refractivity contribution in [2.45, 2.75) is 32.1 Å². The molecule has 0 saturated heterocycles. The number of hydrogen-bond acceptors (Lipinski definition) is 5. The molecule has 1 aromatic carbocycles. The predicted molar refractivity (Wildman–Crippen MR) is 96.2 cm³/mol. The highest BCUT2D eigenvalue weighted by molar-refractivity contribution is 7.89. The maximum atomic E-state index is 12.9. The average Bonchev–Trinajstić information content (AvgIpc) is 2.74. The van der Waals surface area contributed by atoms with Crippen molar-refractivity contribution in [3.63, 3.8) is 0 Å². The number of benzene rings is 1. The molecule has 6 nitrogen and oxygen atoms in total. The lowest BCUT2D eigenvalue weighted by Gasteiger charge is -2.20. The van der Waals surface area contributed by atoms with Crippen LogP contribution in [0.3, 0.4) is 0 Å². The van der Waals surface area contributed by atoms with Crippen molar-refractivity contribution in [1.82, 2.24) is 4.31 Å². The van der Waals surface area contributed by atoms with Gasteiger partial charge in [0.15, 0.2) is 0 Å². The molecule has 0 radical (unpaired) electrons. The summed E-state index contributed by atoms with van der Waals surface area (Å²) < 4.78 is 32.1. The molecule has 0 aromatic heterocycles. The van der Waals surface area contributed by atoms with Crippen LogP contribution in [0.1, 0.15) is 25.8 Å². The van der Waals surface area contributed by atoms with Crippen LogP contribution in [-0.2, 0) is 19.6 Å². The Hall–Kier alpha value is -2.12. The molecule has 2 rings (SSSR count). The van der Waals surface area contributed by atoms with Gasteiger partial charge in [-0.2, -0.15) is 4.31 Å². The molecule has 136 valence electrons.